The Labute approximate surface area is 104 Å². The maximum Gasteiger partial charge on any atom is 0.276 e. The molecule has 0 radical (unpaired) electrons. The van der Waals surface area contributed by atoms with Crippen molar-refractivity contribution >= 4 is 16.0 Å². The van der Waals surface area contributed by atoms with Crippen LogP contribution in [0.2, 0.25) is 0 Å². The molecule has 1 fully saturated rings. The molecule has 100 valence electrons. The van der Waals surface area contributed by atoms with E-state index in [0.29, 0.717) is 13.2 Å². The molecule has 7 nitrogen and oxygen atoms in total. The van der Waals surface area contributed by atoms with Gasteiger partial charge in [-0.25, -0.2) is 8.42 Å². The van der Waals surface area contributed by atoms with Gasteiger partial charge in [0.15, 0.2) is 0 Å². The van der Waals surface area contributed by atoms with Crippen molar-refractivity contribution in [1.82, 2.24) is 4.31 Å². The Morgan fingerprint density at radius 2 is 2.00 bits per heavy atom. The number of carbonyl (C=O) groups is 1. The highest BCUT2D eigenvalue weighted by Crippen LogP contribution is 2.22. The summed E-state index contributed by atoms with van der Waals surface area (Å²) in [7, 11) is -3.80. The molecule has 0 atom stereocenters. The second-order valence-corrected chi connectivity index (χ2v) is 5.71. The zero-order valence-electron chi connectivity index (χ0n) is 9.71. The average Bonchev–Trinajstić information content (AvgIpc) is 2.73. The van der Waals surface area contributed by atoms with Crippen LogP contribution in [-0.4, -0.2) is 45.0 Å². The molecule has 8 heteroatoms. The summed E-state index contributed by atoms with van der Waals surface area (Å²) in [5.41, 5.74) is -0.248. The molecular formula is C10H12NO6S-. The minimum Gasteiger partial charge on any atom is -0.545 e. The topological polar surface area (TPSA) is 99.9 Å². The van der Waals surface area contributed by atoms with Gasteiger partial charge in [0, 0.05) is 24.7 Å². The lowest BCUT2D eigenvalue weighted by Gasteiger charge is -2.24. The number of aromatic carboxylic acids is 1. The highest BCUT2D eigenvalue weighted by atomic mass is 32.2. The molecular weight excluding hydrogens is 262 g/mol. The van der Waals surface area contributed by atoms with Crippen LogP contribution in [0.15, 0.2) is 15.6 Å². The number of carboxylic acids is 1. The van der Waals surface area contributed by atoms with Crippen LogP contribution < -0.4 is 5.11 Å². The molecule has 1 aliphatic heterocycles. The van der Waals surface area contributed by atoms with E-state index in [1.165, 1.54) is 11.2 Å². The van der Waals surface area contributed by atoms with Crippen molar-refractivity contribution in [3.8, 4) is 0 Å². The van der Waals surface area contributed by atoms with E-state index >= 15 is 0 Å². The predicted molar refractivity (Wildman–Crippen MR) is 57.4 cm³/mol. The lowest BCUT2D eigenvalue weighted by Crippen LogP contribution is -2.40. The molecule has 0 aromatic carbocycles. The maximum atomic E-state index is 12.1. The monoisotopic (exact) mass is 274 g/mol. The van der Waals surface area contributed by atoms with Crippen LogP contribution in [0.25, 0.3) is 0 Å². The van der Waals surface area contributed by atoms with E-state index in [4.69, 9.17) is 9.15 Å². The van der Waals surface area contributed by atoms with Gasteiger partial charge in [0.05, 0.1) is 19.2 Å². The van der Waals surface area contributed by atoms with E-state index in [9.17, 15) is 18.3 Å². The number of nitrogens with zero attached hydrogens (tertiary/aromatic N) is 1. The van der Waals surface area contributed by atoms with Gasteiger partial charge in [-0.1, -0.05) is 0 Å². The highest BCUT2D eigenvalue weighted by Gasteiger charge is 2.30. The second kappa shape index (κ2) is 4.71. The summed E-state index contributed by atoms with van der Waals surface area (Å²) in [6.45, 7) is 2.45. The van der Waals surface area contributed by atoms with E-state index in [1.807, 2.05) is 0 Å². The normalized spacial score (nSPS) is 17.8. The van der Waals surface area contributed by atoms with Gasteiger partial charge in [0.2, 0.25) is 5.09 Å². The largest absolute Gasteiger partial charge is 0.545 e. The molecule has 1 aromatic heterocycles. The first-order chi connectivity index (χ1) is 8.43. The van der Waals surface area contributed by atoms with E-state index in [-0.39, 0.29) is 29.5 Å². The molecule has 0 bridgehead atoms. The Hall–Kier alpha value is -1.38. The third-order valence-corrected chi connectivity index (χ3v) is 4.43. The van der Waals surface area contributed by atoms with Crippen LogP contribution in [0, 0.1) is 6.92 Å². The summed E-state index contributed by atoms with van der Waals surface area (Å²) in [5.74, 6) is -1.44. The van der Waals surface area contributed by atoms with Crippen molar-refractivity contribution < 1.29 is 27.5 Å². The van der Waals surface area contributed by atoms with E-state index < -0.39 is 16.0 Å². The van der Waals surface area contributed by atoms with Gasteiger partial charge >= 0.3 is 0 Å². The molecule has 2 rings (SSSR count). The number of furan rings is 1. The molecule has 1 aliphatic rings. The van der Waals surface area contributed by atoms with E-state index in [1.54, 1.807) is 0 Å². The number of hydrogen-bond acceptors (Lipinski definition) is 6. The van der Waals surface area contributed by atoms with Crippen molar-refractivity contribution in [3.63, 3.8) is 0 Å². The lowest BCUT2D eigenvalue weighted by molar-refractivity contribution is -0.255. The summed E-state index contributed by atoms with van der Waals surface area (Å²) in [5, 5.41) is 10.4. The summed E-state index contributed by atoms with van der Waals surface area (Å²) >= 11 is 0. The minimum atomic E-state index is -3.80. The lowest BCUT2D eigenvalue weighted by atomic mass is 10.3. The zero-order valence-corrected chi connectivity index (χ0v) is 10.5. The Morgan fingerprint density at radius 3 is 2.50 bits per heavy atom. The minimum absolute atomic E-state index is 0.0156. The maximum absolute atomic E-state index is 12.1. The molecule has 0 spiro atoms. The fourth-order valence-corrected chi connectivity index (χ4v) is 3.08. The van der Waals surface area contributed by atoms with Crippen LogP contribution in [0.5, 0.6) is 0 Å². The number of aryl methyl sites for hydroxylation is 1. The van der Waals surface area contributed by atoms with Gasteiger partial charge in [-0.05, 0) is 6.92 Å². The van der Waals surface area contributed by atoms with Gasteiger partial charge in [-0.15, -0.1) is 0 Å². The smallest absolute Gasteiger partial charge is 0.276 e. The van der Waals surface area contributed by atoms with Gasteiger partial charge in [0.25, 0.3) is 10.0 Å². The van der Waals surface area contributed by atoms with Gasteiger partial charge in [0.1, 0.15) is 5.76 Å². The van der Waals surface area contributed by atoms with Crippen LogP contribution in [-0.2, 0) is 14.8 Å². The molecule has 0 aliphatic carbocycles. The fourth-order valence-electron chi connectivity index (χ4n) is 1.70. The second-order valence-electron chi connectivity index (χ2n) is 3.84. The summed E-state index contributed by atoms with van der Waals surface area (Å²) in [6.07, 6.45) is 0. The number of carbonyl (C=O) groups excluding carboxylic acids is 1. The SMILES string of the molecule is Cc1oc(S(=O)(=O)N2CCOCC2)cc1C(=O)[O-]. The van der Waals surface area contributed by atoms with Crippen molar-refractivity contribution in [1.29, 1.82) is 0 Å². The fraction of sp³-hybridized carbons (Fsp3) is 0.500. The summed E-state index contributed by atoms with van der Waals surface area (Å²) in [4.78, 5) is 10.7. The molecule has 0 saturated carbocycles. The predicted octanol–water partition coefficient (Wildman–Crippen LogP) is -1.03. The quantitative estimate of drug-likeness (QED) is 0.699. The third-order valence-electron chi connectivity index (χ3n) is 2.68. The first-order valence-corrected chi connectivity index (χ1v) is 6.76. The van der Waals surface area contributed by atoms with Crippen molar-refractivity contribution in [3.05, 3.63) is 17.4 Å². The molecule has 0 N–H and O–H groups in total. The molecule has 1 saturated heterocycles. The zero-order chi connectivity index (χ0) is 13.3. The molecule has 0 amide bonds. The standard InChI is InChI=1S/C10H13NO6S/c1-7-8(10(12)13)6-9(17-7)18(14,15)11-2-4-16-5-3-11/h6H,2-5H2,1H3,(H,12,13)/p-1. The first kappa shape index (κ1) is 13.1. The Balaban J connectivity index is 2.35. The Bertz CT molecular complexity index is 555. The van der Waals surface area contributed by atoms with Gasteiger partial charge in [-0.2, -0.15) is 4.31 Å². The number of ether oxygens (including phenoxy) is 1. The van der Waals surface area contributed by atoms with E-state index in [2.05, 4.69) is 0 Å². The van der Waals surface area contributed by atoms with E-state index in [0.717, 1.165) is 6.07 Å². The van der Waals surface area contributed by atoms with Crippen molar-refractivity contribution in [2.75, 3.05) is 26.3 Å². The number of carboxylic acid groups (broad SMARTS) is 1. The number of rotatable bonds is 3. The van der Waals surface area contributed by atoms with Crippen LogP contribution in [0.4, 0.5) is 0 Å². The number of sulfonamides is 1. The summed E-state index contributed by atoms with van der Waals surface area (Å²) in [6, 6.07) is 0.982. The van der Waals surface area contributed by atoms with Crippen molar-refractivity contribution in [2.24, 2.45) is 0 Å². The van der Waals surface area contributed by atoms with Crippen LogP contribution >= 0.6 is 0 Å². The Kier molecular flexibility index (Phi) is 3.42. The third kappa shape index (κ3) is 2.26. The number of hydrogen-bond donors (Lipinski definition) is 0. The highest BCUT2D eigenvalue weighted by molar-refractivity contribution is 7.89. The summed E-state index contributed by atoms with van der Waals surface area (Å²) < 4.78 is 35.5. The van der Waals surface area contributed by atoms with Crippen LogP contribution in [0.3, 0.4) is 0 Å². The van der Waals surface area contributed by atoms with Crippen molar-refractivity contribution in [2.45, 2.75) is 12.0 Å². The molecule has 18 heavy (non-hydrogen) atoms. The van der Waals surface area contributed by atoms with Gasteiger partial charge < -0.3 is 19.1 Å². The van der Waals surface area contributed by atoms with Crippen LogP contribution in [0.1, 0.15) is 16.1 Å². The number of morpholine rings is 1. The molecule has 2 heterocycles. The van der Waals surface area contributed by atoms with Gasteiger partial charge in [-0.3, -0.25) is 0 Å². The average molecular weight is 274 g/mol. The molecule has 1 aromatic rings. The first-order valence-electron chi connectivity index (χ1n) is 5.32. The molecule has 0 unspecified atom stereocenters. The Morgan fingerprint density at radius 1 is 1.39 bits per heavy atom.